The third-order valence-corrected chi connectivity index (χ3v) is 4.66. The van der Waals surface area contributed by atoms with E-state index in [-0.39, 0.29) is 18.2 Å². The van der Waals surface area contributed by atoms with E-state index in [0.717, 1.165) is 12.0 Å². The number of benzene rings is 1. The number of nitrogens with zero attached hydrogens (tertiary/aromatic N) is 3. The zero-order chi connectivity index (χ0) is 18.0. The topological polar surface area (TPSA) is 75.8 Å². The van der Waals surface area contributed by atoms with E-state index in [0.29, 0.717) is 43.7 Å². The Labute approximate surface area is 145 Å². The van der Waals surface area contributed by atoms with Crippen molar-refractivity contribution in [3.8, 4) is 0 Å². The quantitative estimate of drug-likeness (QED) is 0.833. The molecule has 1 aliphatic heterocycles. The molecule has 7 heteroatoms. The first kappa shape index (κ1) is 17.3. The molecule has 0 unspecified atom stereocenters. The predicted molar refractivity (Wildman–Crippen MR) is 93.2 cm³/mol. The maximum absolute atomic E-state index is 12.5. The number of amides is 2. The number of carbonyl (C=O) groups excluding carboxylic acids is 2. The summed E-state index contributed by atoms with van der Waals surface area (Å²) >= 11 is 0. The lowest BCUT2D eigenvalue weighted by Crippen LogP contribution is -2.50. The second kappa shape index (κ2) is 7.13. The Kier molecular flexibility index (Phi) is 4.92. The molecular formula is C18H23N3O4. The van der Waals surface area contributed by atoms with Crippen LogP contribution in [0.5, 0.6) is 0 Å². The number of oxazole rings is 1. The Morgan fingerprint density at radius 1 is 1.08 bits per heavy atom. The van der Waals surface area contributed by atoms with Gasteiger partial charge in [-0.1, -0.05) is 13.0 Å². The molecular weight excluding hydrogens is 322 g/mol. The van der Waals surface area contributed by atoms with Gasteiger partial charge in [-0.25, -0.2) is 4.79 Å². The van der Waals surface area contributed by atoms with Crippen LogP contribution in [0.25, 0.3) is 11.1 Å². The molecule has 0 atom stereocenters. The van der Waals surface area contributed by atoms with Gasteiger partial charge in [0.1, 0.15) is 0 Å². The number of aromatic nitrogens is 1. The molecule has 0 spiro atoms. The van der Waals surface area contributed by atoms with Crippen molar-refractivity contribution in [1.29, 1.82) is 0 Å². The number of fused-ring (bicyclic) bond motifs is 1. The molecule has 2 heterocycles. The summed E-state index contributed by atoms with van der Waals surface area (Å²) in [5, 5.41) is 0. The van der Waals surface area contributed by atoms with Gasteiger partial charge in [-0.3, -0.25) is 14.2 Å². The van der Waals surface area contributed by atoms with Crippen molar-refractivity contribution >= 4 is 22.9 Å². The highest BCUT2D eigenvalue weighted by molar-refractivity contribution is 5.82. The molecule has 1 aromatic carbocycles. The van der Waals surface area contributed by atoms with E-state index in [1.54, 1.807) is 18.0 Å². The van der Waals surface area contributed by atoms with Gasteiger partial charge < -0.3 is 14.2 Å². The van der Waals surface area contributed by atoms with Crippen molar-refractivity contribution < 1.29 is 14.0 Å². The molecule has 1 saturated heterocycles. The van der Waals surface area contributed by atoms with Crippen LogP contribution in [0, 0.1) is 0 Å². The smallest absolute Gasteiger partial charge is 0.408 e. The number of hydrogen-bond donors (Lipinski definition) is 0. The summed E-state index contributed by atoms with van der Waals surface area (Å²) in [6, 6.07) is 5.35. The lowest BCUT2D eigenvalue weighted by Gasteiger charge is -2.35. The standard InChI is InChI=1S/C18H23N3O4/c1-3-4-16(22)20-7-9-21(10-8-20)17(23)12-13-5-6-15-14(11-13)19(2)18(24)25-15/h5-6,11H,3-4,7-10,12H2,1-2H3. The Balaban J connectivity index is 1.62. The lowest BCUT2D eigenvalue weighted by molar-refractivity contribution is -0.139. The third-order valence-electron chi connectivity index (χ3n) is 4.66. The fourth-order valence-corrected chi connectivity index (χ4v) is 3.15. The average Bonchev–Trinajstić information content (AvgIpc) is 2.89. The number of piperazine rings is 1. The molecule has 0 saturated carbocycles. The molecule has 1 fully saturated rings. The molecule has 1 aliphatic rings. The first-order valence-electron chi connectivity index (χ1n) is 8.63. The Morgan fingerprint density at radius 2 is 1.72 bits per heavy atom. The van der Waals surface area contributed by atoms with Crippen molar-refractivity contribution in [3.05, 3.63) is 34.3 Å². The number of aryl methyl sites for hydroxylation is 1. The Morgan fingerprint density at radius 3 is 2.36 bits per heavy atom. The maximum Gasteiger partial charge on any atom is 0.419 e. The van der Waals surface area contributed by atoms with Gasteiger partial charge in [-0.2, -0.15) is 0 Å². The van der Waals surface area contributed by atoms with Gasteiger partial charge in [-0.15, -0.1) is 0 Å². The first-order valence-corrected chi connectivity index (χ1v) is 8.63. The van der Waals surface area contributed by atoms with Crippen LogP contribution in [0.4, 0.5) is 0 Å². The molecule has 0 bridgehead atoms. The highest BCUT2D eigenvalue weighted by Crippen LogP contribution is 2.16. The largest absolute Gasteiger partial charge is 0.419 e. The summed E-state index contributed by atoms with van der Waals surface area (Å²) in [6.07, 6.45) is 1.69. The summed E-state index contributed by atoms with van der Waals surface area (Å²) < 4.78 is 6.54. The number of hydrogen-bond acceptors (Lipinski definition) is 4. The second-order valence-corrected chi connectivity index (χ2v) is 6.42. The van der Waals surface area contributed by atoms with Crippen LogP contribution < -0.4 is 5.76 Å². The minimum Gasteiger partial charge on any atom is -0.408 e. The fourth-order valence-electron chi connectivity index (χ4n) is 3.15. The molecule has 3 rings (SSSR count). The summed E-state index contributed by atoms with van der Waals surface area (Å²) in [5.41, 5.74) is 2.05. The van der Waals surface area contributed by atoms with Crippen molar-refractivity contribution in [2.45, 2.75) is 26.2 Å². The van der Waals surface area contributed by atoms with E-state index in [4.69, 9.17) is 4.42 Å². The highest BCUT2D eigenvalue weighted by atomic mass is 16.4. The predicted octanol–water partition coefficient (Wildman–Crippen LogP) is 1.14. The van der Waals surface area contributed by atoms with Crippen LogP contribution in [-0.2, 0) is 23.1 Å². The zero-order valence-corrected chi connectivity index (χ0v) is 14.7. The molecule has 0 radical (unpaired) electrons. The highest BCUT2D eigenvalue weighted by Gasteiger charge is 2.23. The second-order valence-electron chi connectivity index (χ2n) is 6.42. The molecule has 134 valence electrons. The molecule has 1 aromatic heterocycles. The van der Waals surface area contributed by atoms with Crippen molar-refractivity contribution in [2.75, 3.05) is 26.2 Å². The minimum absolute atomic E-state index is 0.0374. The van der Waals surface area contributed by atoms with Crippen molar-refractivity contribution in [2.24, 2.45) is 7.05 Å². The minimum atomic E-state index is -0.411. The summed E-state index contributed by atoms with van der Waals surface area (Å²) in [6.45, 7) is 4.32. The first-order chi connectivity index (χ1) is 12.0. The molecule has 0 aliphatic carbocycles. The summed E-state index contributed by atoms with van der Waals surface area (Å²) in [7, 11) is 1.65. The van der Waals surface area contributed by atoms with Gasteiger partial charge in [0.15, 0.2) is 5.58 Å². The fraction of sp³-hybridized carbons (Fsp3) is 0.500. The van der Waals surface area contributed by atoms with Crippen LogP contribution >= 0.6 is 0 Å². The van der Waals surface area contributed by atoms with Gasteiger partial charge in [0.25, 0.3) is 0 Å². The molecule has 2 aromatic rings. The number of rotatable bonds is 4. The van der Waals surface area contributed by atoms with Crippen molar-refractivity contribution in [1.82, 2.24) is 14.4 Å². The van der Waals surface area contributed by atoms with Gasteiger partial charge in [0.2, 0.25) is 11.8 Å². The zero-order valence-electron chi connectivity index (χ0n) is 14.7. The van der Waals surface area contributed by atoms with E-state index in [1.807, 2.05) is 24.0 Å². The van der Waals surface area contributed by atoms with E-state index in [1.165, 1.54) is 4.57 Å². The van der Waals surface area contributed by atoms with Gasteiger partial charge in [0, 0.05) is 39.6 Å². The van der Waals surface area contributed by atoms with Gasteiger partial charge in [0.05, 0.1) is 11.9 Å². The van der Waals surface area contributed by atoms with Gasteiger partial charge >= 0.3 is 5.76 Å². The molecule has 0 N–H and O–H groups in total. The monoisotopic (exact) mass is 345 g/mol. The van der Waals surface area contributed by atoms with Crippen LogP contribution in [0.2, 0.25) is 0 Å². The molecule has 2 amide bonds. The van der Waals surface area contributed by atoms with Crippen molar-refractivity contribution in [3.63, 3.8) is 0 Å². The van der Waals surface area contributed by atoms with Gasteiger partial charge in [-0.05, 0) is 24.1 Å². The van der Waals surface area contributed by atoms with E-state index >= 15 is 0 Å². The van der Waals surface area contributed by atoms with Crippen LogP contribution in [-0.4, -0.2) is 52.4 Å². The lowest BCUT2D eigenvalue weighted by atomic mass is 10.1. The third kappa shape index (κ3) is 3.60. The van der Waals surface area contributed by atoms with E-state index in [9.17, 15) is 14.4 Å². The normalized spacial score (nSPS) is 15.0. The SMILES string of the molecule is CCCC(=O)N1CCN(C(=O)Cc2ccc3oc(=O)n(C)c3c2)CC1. The van der Waals surface area contributed by atoms with Crippen LogP contribution in [0.1, 0.15) is 25.3 Å². The Hall–Kier alpha value is -2.57. The van der Waals surface area contributed by atoms with Crippen LogP contribution in [0.3, 0.4) is 0 Å². The Bertz CT molecular complexity index is 844. The molecule has 7 nitrogen and oxygen atoms in total. The maximum atomic E-state index is 12.5. The molecule has 25 heavy (non-hydrogen) atoms. The summed E-state index contributed by atoms with van der Waals surface area (Å²) in [5.74, 6) is -0.206. The average molecular weight is 345 g/mol. The van der Waals surface area contributed by atoms with E-state index < -0.39 is 5.76 Å². The number of carbonyl (C=O) groups is 2. The summed E-state index contributed by atoms with van der Waals surface area (Å²) in [4.78, 5) is 39.6. The van der Waals surface area contributed by atoms with E-state index in [2.05, 4.69) is 0 Å². The van der Waals surface area contributed by atoms with Crippen LogP contribution in [0.15, 0.2) is 27.4 Å².